The summed E-state index contributed by atoms with van der Waals surface area (Å²) in [4.78, 5) is 5.44. The molecule has 0 radical (unpaired) electrons. The van der Waals surface area contributed by atoms with Crippen LogP contribution in [0.1, 0.15) is 24.1 Å². The van der Waals surface area contributed by atoms with Gasteiger partial charge in [0.1, 0.15) is 5.75 Å². The quantitative estimate of drug-likeness (QED) is 0.792. The maximum absolute atomic E-state index is 9.40. The van der Waals surface area contributed by atoms with Crippen LogP contribution in [0, 0.1) is 0 Å². The first kappa shape index (κ1) is 12.6. The van der Waals surface area contributed by atoms with E-state index in [1.165, 1.54) is 0 Å². The van der Waals surface area contributed by atoms with Crippen molar-refractivity contribution in [1.82, 2.24) is 5.48 Å². The van der Waals surface area contributed by atoms with E-state index in [9.17, 15) is 5.11 Å². The number of nitrogens with one attached hydrogen (secondary N) is 1. The predicted octanol–water partition coefficient (Wildman–Crippen LogP) is 3.17. The van der Waals surface area contributed by atoms with Crippen LogP contribution in [-0.4, -0.2) is 5.11 Å². The summed E-state index contributed by atoms with van der Waals surface area (Å²) < 4.78 is 0. The predicted molar refractivity (Wildman–Crippen MR) is 70.9 cm³/mol. The van der Waals surface area contributed by atoms with Crippen LogP contribution in [0.25, 0.3) is 0 Å². The molecule has 94 valence electrons. The molecule has 2 aromatic rings. The van der Waals surface area contributed by atoms with Crippen molar-refractivity contribution in [2.75, 3.05) is 0 Å². The second-order valence-corrected chi connectivity index (χ2v) is 4.21. The second kappa shape index (κ2) is 6.19. The highest BCUT2D eigenvalue weighted by Crippen LogP contribution is 2.17. The lowest BCUT2D eigenvalue weighted by atomic mass is 10.1. The third kappa shape index (κ3) is 3.58. The summed E-state index contributed by atoms with van der Waals surface area (Å²) in [7, 11) is 0. The summed E-state index contributed by atoms with van der Waals surface area (Å²) in [6.07, 6.45) is 0. The first-order valence-corrected chi connectivity index (χ1v) is 5.96. The standard InChI is InChI=1S/C15H17NO2/c1-12(14-8-5-9-15(17)10-14)16-18-11-13-6-3-2-4-7-13/h2-10,12,16-17H,11H2,1H3. The monoisotopic (exact) mass is 243 g/mol. The van der Waals surface area contributed by atoms with Crippen LogP contribution >= 0.6 is 0 Å². The number of phenolic OH excluding ortho intramolecular Hbond substituents is 1. The molecule has 0 bridgehead atoms. The van der Waals surface area contributed by atoms with E-state index in [1.807, 2.05) is 49.4 Å². The number of benzene rings is 2. The molecule has 0 amide bonds. The highest BCUT2D eigenvalue weighted by atomic mass is 16.6. The number of hydroxylamine groups is 1. The molecular formula is C15H17NO2. The van der Waals surface area contributed by atoms with E-state index >= 15 is 0 Å². The van der Waals surface area contributed by atoms with Gasteiger partial charge in [0.05, 0.1) is 12.6 Å². The molecule has 1 atom stereocenters. The zero-order chi connectivity index (χ0) is 12.8. The van der Waals surface area contributed by atoms with Crippen LogP contribution < -0.4 is 5.48 Å². The van der Waals surface area contributed by atoms with Crippen LogP contribution in [0.15, 0.2) is 54.6 Å². The van der Waals surface area contributed by atoms with Gasteiger partial charge in [0, 0.05) is 0 Å². The van der Waals surface area contributed by atoms with Gasteiger partial charge in [0.2, 0.25) is 0 Å². The summed E-state index contributed by atoms with van der Waals surface area (Å²) in [6, 6.07) is 17.1. The van der Waals surface area contributed by atoms with Crippen LogP contribution in [0.3, 0.4) is 0 Å². The van der Waals surface area contributed by atoms with Gasteiger partial charge in [0.25, 0.3) is 0 Å². The molecule has 0 aliphatic heterocycles. The van der Waals surface area contributed by atoms with E-state index in [-0.39, 0.29) is 11.8 Å². The average Bonchev–Trinajstić information content (AvgIpc) is 2.40. The Hall–Kier alpha value is -1.84. The average molecular weight is 243 g/mol. The summed E-state index contributed by atoms with van der Waals surface area (Å²) >= 11 is 0. The molecule has 0 aliphatic carbocycles. The highest BCUT2D eigenvalue weighted by Gasteiger charge is 2.05. The van der Waals surface area contributed by atoms with Crippen molar-refractivity contribution in [2.24, 2.45) is 0 Å². The first-order chi connectivity index (χ1) is 8.75. The fourth-order valence-corrected chi connectivity index (χ4v) is 1.69. The number of hydrogen-bond donors (Lipinski definition) is 2. The van der Waals surface area contributed by atoms with Crippen LogP contribution in [-0.2, 0) is 11.4 Å². The molecule has 2 N–H and O–H groups in total. The SMILES string of the molecule is CC(NOCc1ccccc1)c1cccc(O)c1. The smallest absolute Gasteiger partial charge is 0.115 e. The molecule has 0 spiro atoms. The van der Waals surface area contributed by atoms with E-state index in [1.54, 1.807) is 12.1 Å². The van der Waals surface area contributed by atoms with Gasteiger partial charge in [-0.2, -0.15) is 5.48 Å². The van der Waals surface area contributed by atoms with Crippen molar-refractivity contribution < 1.29 is 9.94 Å². The van der Waals surface area contributed by atoms with Gasteiger partial charge >= 0.3 is 0 Å². The Morgan fingerprint density at radius 2 is 1.89 bits per heavy atom. The van der Waals surface area contributed by atoms with Crippen molar-refractivity contribution in [3.8, 4) is 5.75 Å². The number of rotatable bonds is 5. The normalized spacial score (nSPS) is 12.3. The van der Waals surface area contributed by atoms with Crippen LogP contribution in [0.5, 0.6) is 5.75 Å². The summed E-state index contributed by atoms with van der Waals surface area (Å²) in [5, 5.41) is 9.40. The second-order valence-electron chi connectivity index (χ2n) is 4.21. The van der Waals surface area contributed by atoms with Gasteiger partial charge in [-0.1, -0.05) is 42.5 Å². The van der Waals surface area contributed by atoms with Crippen molar-refractivity contribution in [2.45, 2.75) is 19.6 Å². The Morgan fingerprint density at radius 3 is 2.61 bits per heavy atom. The minimum atomic E-state index is 0.0285. The molecule has 0 fully saturated rings. The number of hydrogen-bond acceptors (Lipinski definition) is 3. The molecule has 0 aliphatic rings. The summed E-state index contributed by atoms with van der Waals surface area (Å²) in [5.74, 6) is 0.268. The molecule has 2 rings (SSSR count). The molecule has 0 saturated carbocycles. The Morgan fingerprint density at radius 1 is 1.11 bits per heavy atom. The Bertz CT molecular complexity index is 485. The van der Waals surface area contributed by atoms with E-state index < -0.39 is 0 Å². The molecule has 2 aromatic carbocycles. The zero-order valence-electron chi connectivity index (χ0n) is 10.3. The van der Waals surface area contributed by atoms with Crippen molar-refractivity contribution in [3.05, 3.63) is 65.7 Å². The van der Waals surface area contributed by atoms with E-state index in [2.05, 4.69) is 5.48 Å². The third-order valence-corrected chi connectivity index (χ3v) is 2.71. The third-order valence-electron chi connectivity index (χ3n) is 2.71. The molecule has 18 heavy (non-hydrogen) atoms. The Labute approximate surface area is 107 Å². The lowest BCUT2D eigenvalue weighted by Gasteiger charge is -2.14. The van der Waals surface area contributed by atoms with E-state index in [4.69, 9.17) is 4.84 Å². The lowest BCUT2D eigenvalue weighted by Crippen LogP contribution is -2.18. The van der Waals surface area contributed by atoms with Crippen molar-refractivity contribution in [3.63, 3.8) is 0 Å². The molecule has 0 saturated heterocycles. The Balaban J connectivity index is 1.83. The van der Waals surface area contributed by atoms with Crippen LogP contribution in [0.2, 0.25) is 0 Å². The van der Waals surface area contributed by atoms with Crippen molar-refractivity contribution >= 4 is 0 Å². The van der Waals surface area contributed by atoms with E-state index in [0.717, 1.165) is 11.1 Å². The van der Waals surface area contributed by atoms with E-state index in [0.29, 0.717) is 6.61 Å². The number of aromatic hydroxyl groups is 1. The molecule has 3 nitrogen and oxygen atoms in total. The van der Waals surface area contributed by atoms with Gasteiger partial charge < -0.3 is 5.11 Å². The topological polar surface area (TPSA) is 41.5 Å². The molecule has 0 aromatic heterocycles. The Kier molecular flexibility index (Phi) is 4.34. The fraction of sp³-hybridized carbons (Fsp3) is 0.200. The maximum atomic E-state index is 9.40. The minimum absolute atomic E-state index is 0.0285. The molecule has 3 heteroatoms. The zero-order valence-corrected chi connectivity index (χ0v) is 10.3. The molecule has 1 unspecified atom stereocenters. The molecular weight excluding hydrogens is 226 g/mol. The molecule has 0 heterocycles. The van der Waals surface area contributed by atoms with Gasteiger partial charge in [-0.3, -0.25) is 4.84 Å². The van der Waals surface area contributed by atoms with Crippen molar-refractivity contribution in [1.29, 1.82) is 0 Å². The van der Waals surface area contributed by atoms with Gasteiger partial charge in [0.15, 0.2) is 0 Å². The van der Waals surface area contributed by atoms with Gasteiger partial charge in [-0.25, -0.2) is 0 Å². The van der Waals surface area contributed by atoms with Crippen LogP contribution in [0.4, 0.5) is 0 Å². The lowest BCUT2D eigenvalue weighted by molar-refractivity contribution is 0.00695. The minimum Gasteiger partial charge on any atom is -0.508 e. The maximum Gasteiger partial charge on any atom is 0.115 e. The fourth-order valence-electron chi connectivity index (χ4n) is 1.69. The largest absolute Gasteiger partial charge is 0.508 e. The first-order valence-electron chi connectivity index (χ1n) is 5.96. The summed E-state index contributed by atoms with van der Waals surface area (Å²) in [6.45, 7) is 2.50. The summed E-state index contributed by atoms with van der Waals surface area (Å²) in [5.41, 5.74) is 5.07. The number of phenols is 1. The van der Waals surface area contributed by atoms with Gasteiger partial charge in [-0.05, 0) is 30.2 Å². The van der Waals surface area contributed by atoms with Gasteiger partial charge in [-0.15, -0.1) is 0 Å². The highest BCUT2D eigenvalue weighted by molar-refractivity contribution is 5.28.